The smallest absolute Gasteiger partial charge is 0.394 e. The number of rotatable bonds is 4. The van der Waals surface area contributed by atoms with Crippen molar-refractivity contribution in [1.29, 1.82) is 0 Å². The van der Waals surface area contributed by atoms with Gasteiger partial charge in [-0.15, -0.1) is 11.8 Å². The lowest BCUT2D eigenvalue weighted by Gasteiger charge is -2.03. The maximum atomic E-state index is 10.9. The van der Waals surface area contributed by atoms with Crippen molar-refractivity contribution < 1.29 is 14.7 Å². The molecule has 16 heavy (non-hydrogen) atoms. The average molecular weight is 239 g/mol. The lowest BCUT2D eigenvalue weighted by atomic mass is 10.3. The van der Waals surface area contributed by atoms with Gasteiger partial charge in [0.25, 0.3) is 0 Å². The molecule has 0 heterocycles. The van der Waals surface area contributed by atoms with E-state index in [9.17, 15) is 9.59 Å². The quantitative estimate of drug-likeness (QED) is 0.624. The van der Waals surface area contributed by atoms with Crippen LogP contribution in [0.3, 0.4) is 0 Å². The topological polar surface area (TPSA) is 66.4 Å². The number of benzene rings is 1. The second-order valence-electron chi connectivity index (χ2n) is 3.13. The first kappa shape index (κ1) is 12.6. The maximum Gasteiger partial charge on any atom is 0.394 e. The number of hydrogen-bond donors (Lipinski definition) is 2. The van der Waals surface area contributed by atoms with Gasteiger partial charge in [0.2, 0.25) is 0 Å². The predicted molar refractivity (Wildman–Crippen MR) is 63.7 cm³/mol. The van der Waals surface area contributed by atoms with Crippen LogP contribution in [-0.4, -0.2) is 22.7 Å². The first-order valence-corrected chi connectivity index (χ1v) is 5.89. The van der Waals surface area contributed by atoms with E-state index < -0.39 is 11.9 Å². The average Bonchev–Trinajstić information content (AvgIpc) is 2.28. The fourth-order valence-electron chi connectivity index (χ4n) is 1.04. The fourth-order valence-corrected chi connectivity index (χ4v) is 1.81. The Morgan fingerprint density at radius 3 is 2.44 bits per heavy atom. The Bertz CT molecular complexity index is 375. The van der Waals surface area contributed by atoms with Gasteiger partial charge in [-0.2, -0.15) is 0 Å². The molecule has 0 aliphatic heterocycles. The standard InChI is InChI=1S/C11H13NO3S/c1-2-7-16-9-5-3-8(4-6-9)12-10(13)11(14)15/h3-6H,2,7H2,1H3,(H,12,13)(H,14,15). The van der Waals surface area contributed by atoms with Crippen molar-refractivity contribution >= 4 is 29.3 Å². The second kappa shape index (κ2) is 6.17. The van der Waals surface area contributed by atoms with Gasteiger partial charge in [0.1, 0.15) is 0 Å². The van der Waals surface area contributed by atoms with Crippen LogP contribution in [0.4, 0.5) is 5.69 Å². The summed E-state index contributed by atoms with van der Waals surface area (Å²) < 4.78 is 0. The highest BCUT2D eigenvalue weighted by atomic mass is 32.2. The summed E-state index contributed by atoms with van der Waals surface area (Å²) in [5, 5.41) is 10.7. The predicted octanol–water partition coefficient (Wildman–Crippen LogP) is 2.21. The Hall–Kier alpha value is -1.49. The highest BCUT2D eigenvalue weighted by Crippen LogP contribution is 2.20. The van der Waals surface area contributed by atoms with Crippen molar-refractivity contribution in [3.63, 3.8) is 0 Å². The van der Waals surface area contributed by atoms with Crippen molar-refractivity contribution in [1.82, 2.24) is 0 Å². The maximum absolute atomic E-state index is 10.9. The van der Waals surface area contributed by atoms with Gasteiger partial charge in [-0.25, -0.2) is 4.79 Å². The molecule has 0 fully saturated rings. The number of carboxylic acids is 1. The van der Waals surface area contributed by atoms with E-state index in [-0.39, 0.29) is 0 Å². The first-order chi connectivity index (χ1) is 7.63. The van der Waals surface area contributed by atoms with Gasteiger partial charge in [-0.1, -0.05) is 6.92 Å². The zero-order chi connectivity index (χ0) is 12.0. The van der Waals surface area contributed by atoms with Gasteiger partial charge in [-0.05, 0) is 36.4 Å². The van der Waals surface area contributed by atoms with E-state index in [4.69, 9.17) is 5.11 Å². The Morgan fingerprint density at radius 2 is 1.94 bits per heavy atom. The molecule has 0 unspecified atom stereocenters. The molecule has 0 aliphatic carbocycles. The largest absolute Gasteiger partial charge is 0.474 e. The monoisotopic (exact) mass is 239 g/mol. The van der Waals surface area contributed by atoms with E-state index in [2.05, 4.69) is 12.2 Å². The molecule has 1 amide bonds. The zero-order valence-electron chi connectivity index (χ0n) is 8.90. The zero-order valence-corrected chi connectivity index (χ0v) is 9.71. The first-order valence-electron chi connectivity index (χ1n) is 4.90. The number of carboxylic acid groups (broad SMARTS) is 1. The van der Waals surface area contributed by atoms with Crippen molar-refractivity contribution in [2.45, 2.75) is 18.2 Å². The molecule has 0 aromatic heterocycles. The molecule has 1 aromatic rings. The summed E-state index contributed by atoms with van der Waals surface area (Å²) in [5.74, 6) is -1.46. The molecule has 5 heteroatoms. The minimum atomic E-state index is -1.48. The number of anilines is 1. The van der Waals surface area contributed by atoms with Gasteiger partial charge in [0.05, 0.1) is 0 Å². The third-order valence-electron chi connectivity index (χ3n) is 1.78. The molecule has 1 aromatic carbocycles. The van der Waals surface area contributed by atoms with Crippen LogP contribution in [0.1, 0.15) is 13.3 Å². The van der Waals surface area contributed by atoms with Gasteiger partial charge >= 0.3 is 11.9 Å². The van der Waals surface area contributed by atoms with Crippen LogP contribution < -0.4 is 5.32 Å². The normalized spacial score (nSPS) is 9.81. The summed E-state index contributed by atoms with van der Waals surface area (Å²) in [7, 11) is 0. The molecule has 1 rings (SSSR count). The Balaban J connectivity index is 2.57. The van der Waals surface area contributed by atoms with Crippen LogP contribution in [-0.2, 0) is 9.59 Å². The van der Waals surface area contributed by atoms with Gasteiger partial charge in [-0.3, -0.25) is 4.79 Å². The number of carbonyl (C=O) groups is 2. The molecule has 4 nitrogen and oxygen atoms in total. The summed E-state index contributed by atoms with van der Waals surface area (Å²) in [6, 6.07) is 7.10. The molecule has 0 aliphatic rings. The van der Waals surface area contributed by atoms with E-state index in [1.54, 1.807) is 23.9 Å². The number of carbonyl (C=O) groups excluding carboxylic acids is 1. The highest BCUT2D eigenvalue weighted by Gasteiger charge is 2.10. The molecule has 0 atom stereocenters. The number of hydrogen-bond acceptors (Lipinski definition) is 3. The molecule has 0 spiro atoms. The SMILES string of the molecule is CCCSc1ccc(NC(=O)C(=O)O)cc1. The molecule has 0 bridgehead atoms. The number of thioether (sulfide) groups is 1. The highest BCUT2D eigenvalue weighted by molar-refractivity contribution is 7.99. The van der Waals surface area contributed by atoms with Crippen molar-refractivity contribution in [2.24, 2.45) is 0 Å². The molecule has 86 valence electrons. The van der Waals surface area contributed by atoms with E-state index in [0.717, 1.165) is 17.1 Å². The molecule has 0 radical (unpaired) electrons. The van der Waals surface area contributed by atoms with E-state index in [1.807, 2.05) is 12.1 Å². The summed E-state index contributed by atoms with van der Waals surface area (Å²) in [6.07, 6.45) is 1.10. The Labute approximate surface area is 98.0 Å². The van der Waals surface area contributed by atoms with Gasteiger partial charge in [0.15, 0.2) is 0 Å². The lowest BCUT2D eigenvalue weighted by Crippen LogP contribution is -2.21. The van der Waals surface area contributed by atoms with E-state index >= 15 is 0 Å². The van der Waals surface area contributed by atoms with Crippen molar-refractivity contribution in [3.05, 3.63) is 24.3 Å². The minimum absolute atomic E-state index is 0.494. The second-order valence-corrected chi connectivity index (χ2v) is 4.30. The number of nitrogens with one attached hydrogen (secondary N) is 1. The number of aliphatic carboxylic acids is 1. The van der Waals surface area contributed by atoms with E-state index in [0.29, 0.717) is 5.69 Å². The lowest BCUT2D eigenvalue weighted by molar-refractivity contribution is -0.147. The fraction of sp³-hybridized carbons (Fsp3) is 0.273. The van der Waals surface area contributed by atoms with Gasteiger partial charge in [0, 0.05) is 10.6 Å². The van der Waals surface area contributed by atoms with Crippen LogP contribution in [0.15, 0.2) is 29.2 Å². The number of amides is 1. The van der Waals surface area contributed by atoms with Crippen LogP contribution >= 0.6 is 11.8 Å². The van der Waals surface area contributed by atoms with Crippen LogP contribution in [0.25, 0.3) is 0 Å². The third-order valence-corrected chi connectivity index (χ3v) is 3.00. The minimum Gasteiger partial charge on any atom is -0.474 e. The van der Waals surface area contributed by atoms with Crippen LogP contribution in [0, 0.1) is 0 Å². The Kier molecular flexibility index (Phi) is 4.85. The summed E-state index contributed by atoms with van der Waals surface area (Å²) >= 11 is 1.73. The Morgan fingerprint density at radius 1 is 1.31 bits per heavy atom. The third kappa shape index (κ3) is 3.94. The van der Waals surface area contributed by atoms with Crippen molar-refractivity contribution in [3.8, 4) is 0 Å². The summed E-state index contributed by atoms with van der Waals surface area (Å²) in [4.78, 5) is 22.3. The summed E-state index contributed by atoms with van der Waals surface area (Å²) in [6.45, 7) is 2.11. The van der Waals surface area contributed by atoms with Crippen molar-refractivity contribution in [2.75, 3.05) is 11.1 Å². The van der Waals surface area contributed by atoms with E-state index in [1.165, 1.54) is 0 Å². The van der Waals surface area contributed by atoms with Crippen LogP contribution in [0.2, 0.25) is 0 Å². The molecule has 0 saturated carbocycles. The van der Waals surface area contributed by atoms with Crippen LogP contribution in [0.5, 0.6) is 0 Å². The molecular weight excluding hydrogens is 226 g/mol. The van der Waals surface area contributed by atoms with Gasteiger partial charge < -0.3 is 10.4 Å². The molecule has 2 N–H and O–H groups in total. The summed E-state index contributed by atoms with van der Waals surface area (Å²) in [5.41, 5.74) is 0.494. The molecular formula is C11H13NO3S. The molecule has 0 saturated heterocycles.